The van der Waals surface area contributed by atoms with E-state index in [2.05, 4.69) is 20.7 Å². The van der Waals surface area contributed by atoms with E-state index in [1.165, 1.54) is 22.0 Å². The number of allylic oxidation sites excluding steroid dienone is 2. The standard InChI is InChI=1S/C26H29F3N8O/c1-16-5-6-18(7-24(16)37(30)14-23(31-3)19-11-33-35(4)13-19)25(38)34-21-8-20(26(27,28)29)9-22(10-21)36-12-17(2)32-15-36/h6-16,31H,5,30H2,1-4H3,(H,34,38)/b23-14-. The summed E-state index contributed by atoms with van der Waals surface area (Å²) < 4.78 is 44.0. The molecule has 4 N–H and O–H groups in total. The fourth-order valence-electron chi connectivity index (χ4n) is 4.09. The molecule has 1 amide bonds. The van der Waals surface area contributed by atoms with E-state index in [9.17, 15) is 18.0 Å². The van der Waals surface area contributed by atoms with E-state index in [-0.39, 0.29) is 17.3 Å². The number of carbonyl (C=O) groups is 1. The van der Waals surface area contributed by atoms with E-state index in [4.69, 9.17) is 5.84 Å². The van der Waals surface area contributed by atoms with Crippen LogP contribution in [0.5, 0.6) is 0 Å². The van der Waals surface area contributed by atoms with E-state index in [1.54, 1.807) is 49.4 Å². The van der Waals surface area contributed by atoms with E-state index in [0.717, 1.165) is 23.4 Å². The smallest absolute Gasteiger partial charge is 0.386 e. The van der Waals surface area contributed by atoms with Crippen LogP contribution in [0.2, 0.25) is 0 Å². The van der Waals surface area contributed by atoms with Gasteiger partial charge in [0.15, 0.2) is 0 Å². The first-order valence-corrected chi connectivity index (χ1v) is 11.8. The molecule has 2 heterocycles. The lowest BCUT2D eigenvalue weighted by Crippen LogP contribution is -2.31. The SMILES string of the molecule is CN/C(=C\N(N)C1=CC(C(=O)Nc2cc(-n3cnc(C)c3)cc(C(F)(F)F)c2)=CCC1C)c1cnn(C)c1. The Morgan fingerprint density at radius 1 is 1.26 bits per heavy atom. The highest BCUT2D eigenvalue weighted by atomic mass is 19.4. The lowest BCUT2D eigenvalue weighted by atomic mass is 9.94. The lowest BCUT2D eigenvalue weighted by Gasteiger charge is -2.27. The van der Waals surface area contributed by atoms with Gasteiger partial charge in [-0.2, -0.15) is 18.3 Å². The van der Waals surface area contributed by atoms with E-state index in [1.807, 2.05) is 20.2 Å². The first-order chi connectivity index (χ1) is 17.9. The molecule has 12 heteroatoms. The molecule has 38 heavy (non-hydrogen) atoms. The molecule has 0 saturated carbocycles. The molecule has 1 aliphatic carbocycles. The van der Waals surface area contributed by atoms with E-state index >= 15 is 0 Å². The highest BCUT2D eigenvalue weighted by molar-refractivity contribution is 6.06. The van der Waals surface area contributed by atoms with Crippen molar-refractivity contribution >= 4 is 17.3 Å². The van der Waals surface area contributed by atoms with Crippen molar-refractivity contribution in [3.05, 3.63) is 89.6 Å². The second-order valence-electron chi connectivity index (χ2n) is 9.11. The highest BCUT2D eigenvalue weighted by Gasteiger charge is 2.32. The number of nitrogens with one attached hydrogen (secondary N) is 2. The third kappa shape index (κ3) is 5.97. The Labute approximate surface area is 218 Å². The molecule has 0 fully saturated rings. The van der Waals surface area contributed by atoms with Crippen LogP contribution >= 0.6 is 0 Å². The first kappa shape index (κ1) is 26.7. The number of halogens is 3. The van der Waals surface area contributed by atoms with Gasteiger partial charge in [0.1, 0.15) is 0 Å². The van der Waals surface area contributed by atoms with E-state index < -0.39 is 17.6 Å². The molecule has 0 saturated heterocycles. The van der Waals surface area contributed by atoms with Gasteiger partial charge in [0.2, 0.25) is 0 Å². The van der Waals surface area contributed by atoms with Crippen LogP contribution in [0.15, 0.2) is 72.7 Å². The molecule has 0 spiro atoms. The number of rotatable bonds is 7. The van der Waals surface area contributed by atoms with Crippen molar-refractivity contribution in [3.63, 3.8) is 0 Å². The minimum absolute atomic E-state index is 0.00412. The maximum Gasteiger partial charge on any atom is 0.416 e. The van der Waals surface area contributed by atoms with Crippen molar-refractivity contribution in [1.29, 1.82) is 0 Å². The topological polar surface area (TPSA) is 106 Å². The molecule has 1 unspecified atom stereocenters. The number of carbonyl (C=O) groups excluding carboxylic acids is 1. The Bertz CT molecular complexity index is 1430. The molecular weight excluding hydrogens is 497 g/mol. The predicted octanol–water partition coefficient (Wildman–Crippen LogP) is 4.12. The fourth-order valence-corrected chi connectivity index (χ4v) is 4.09. The molecule has 3 aromatic rings. The van der Waals surface area contributed by atoms with Gasteiger partial charge in [0.25, 0.3) is 5.91 Å². The van der Waals surface area contributed by atoms with Crippen LogP contribution in [0.4, 0.5) is 18.9 Å². The van der Waals surface area contributed by atoms with Crippen molar-refractivity contribution in [3.8, 4) is 5.69 Å². The number of nitrogens with two attached hydrogens (primary N) is 1. The van der Waals surface area contributed by atoms with Gasteiger partial charge < -0.3 is 15.2 Å². The molecule has 1 atom stereocenters. The Morgan fingerprint density at radius 2 is 2.03 bits per heavy atom. The van der Waals surface area contributed by atoms with Crippen molar-refractivity contribution < 1.29 is 18.0 Å². The normalized spacial score (nSPS) is 16.1. The molecule has 0 radical (unpaired) electrons. The zero-order valence-corrected chi connectivity index (χ0v) is 21.4. The van der Waals surface area contributed by atoms with Gasteiger partial charge in [0, 0.05) is 66.8 Å². The van der Waals surface area contributed by atoms with Gasteiger partial charge >= 0.3 is 6.18 Å². The molecule has 1 aliphatic rings. The molecule has 4 rings (SSSR count). The molecular formula is C26H29F3N8O. The number of imidazole rings is 1. The second kappa shape index (κ2) is 10.6. The summed E-state index contributed by atoms with van der Waals surface area (Å²) in [6.07, 6.45) is 7.58. The van der Waals surface area contributed by atoms with Crippen LogP contribution in [-0.4, -0.2) is 37.3 Å². The number of amides is 1. The van der Waals surface area contributed by atoms with Crippen LogP contribution in [0.3, 0.4) is 0 Å². The average Bonchev–Trinajstić information content (AvgIpc) is 3.50. The zero-order valence-electron chi connectivity index (χ0n) is 21.4. The molecule has 1 aromatic carbocycles. The number of hydrogen-bond donors (Lipinski definition) is 3. The monoisotopic (exact) mass is 526 g/mol. The summed E-state index contributed by atoms with van der Waals surface area (Å²) in [4.78, 5) is 17.2. The number of hydrogen-bond acceptors (Lipinski definition) is 6. The van der Waals surface area contributed by atoms with Crippen molar-refractivity contribution in [2.24, 2.45) is 18.8 Å². The van der Waals surface area contributed by atoms with Crippen LogP contribution in [-0.2, 0) is 18.0 Å². The predicted molar refractivity (Wildman–Crippen MR) is 138 cm³/mol. The fraction of sp³-hybridized carbons (Fsp3) is 0.269. The number of hydrazine groups is 1. The Morgan fingerprint density at radius 3 is 2.63 bits per heavy atom. The van der Waals surface area contributed by atoms with Crippen molar-refractivity contribution in [2.45, 2.75) is 26.4 Å². The third-order valence-electron chi connectivity index (χ3n) is 6.13. The minimum Gasteiger partial charge on any atom is -0.386 e. The Kier molecular flexibility index (Phi) is 7.44. The number of aryl methyl sites for hydroxylation is 2. The Balaban J connectivity index is 1.60. The van der Waals surface area contributed by atoms with Gasteiger partial charge in [-0.1, -0.05) is 13.0 Å². The zero-order chi connectivity index (χ0) is 27.6. The third-order valence-corrected chi connectivity index (χ3v) is 6.13. The summed E-state index contributed by atoms with van der Waals surface area (Å²) in [5, 5.41) is 11.3. The van der Waals surface area contributed by atoms with Crippen molar-refractivity contribution in [2.75, 3.05) is 12.4 Å². The highest BCUT2D eigenvalue weighted by Crippen LogP contribution is 2.33. The minimum atomic E-state index is -4.59. The quantitative estimate of drug-likeness (QED) is 0.316. The van der Waals surface area contributed by atoms with Crippen molar-refractivity contribution in [1.82, 2.24) is 29.7 Å². The summed E-state index contributed by atoms with van der Waals surface area (Å²) in [5.41, 5.74) is 2.53. The van der Waals surface area contributed by atoms with Crippen LogP contribution in [0.1, 0.15) is 30.2 Å². The lowest BCUT2D eigenvalue weighted by molar-refractivity contribution is -0.137. The number of benzene rings is 1. The average molecular weight is 527 g/mol. The van der Waals surface area contributed by atoms with Crippen LogP contribution in [0, 0.1) is 12.8 Å². The largest absolute Gasteiger partial charge is 0.416 e. The summed E-state index contributed by atoms with van der Waals surface area (Å²) in [6.45, 7) is 3.71. The number of anilines is 1. The van der Waals surface area contributed by atoms with E-state index in [0.29, 0.717) is 23.4 Å². The number of alkyl halides is 3. The van der Waals surface area contributed by atoms with Gasteiger partial charge in [-0.05, 0) is 37.6 Å². The summed E-state index contributed by atoms with van der Waals surface area (Å²) in [7, 11) is 3.57. The second-order valence-corrected chi connectivity index (χ2v) is 9.11. The molecule has 9 nitrogen and oxygen atoms in total. The number of aromatic nitrogens is 4. The summed E-state index contributed by atoms with van der Waals surface area (Å²) in [5.74, 6) is 5.82. The molecule has 2 aromatic heterocycles. The van der Waals surface area contributed by atoms with Crippen LogP contribution < -0.4 is 16.5 Å². The Hall–Kier alpha value is -4.32. The molecule has 200 valence electrons. The maximum atomic E-state index is 13.6. The number of nitrogens with zero attached hydrogens (tertiary/aromatic N) is 5. The van der Waals surface area contributed by atoms with Crippen LogP contribution in [0.25, 0.3) is 11.4 Å². The molecule has 0 aliphatic heterocycles. The van der Waals surface area contributed by atoms with Gasteiger partial charge in [0.05, 0.1) is 29.5 Å². The van der Waals surface area contributed by atoms with Gasteiger partial charge in [-0.25, -0.2) is 10.8 Å². The first-order valence-electron chi connectivity index (χ1n) is 11.8. The maximum absolute atomic E-state index is 13.6. The van der Waals surface area contributed by atoms with Gasteiger partial charge in [-0.3, -0.25) is 14.5 Å². The molecule has 0 bridgehead atoms. The summed E-state index contributed by atoms with van der Waals surface area (Å²) >= 11 is 0. The van der Waals surface area contributed by atoms with Gasteiger partial charge in [-0.15, -0.1) is 0 Å². The summed E-state index contributed by atoms with van der Waals surface area (Å²) in [6, 6.07) is 3.39.